The normalized spacial score (nSPS) is 18.3. The second-order valence-electron chi connectivity index (χ2n) is 2.78. The van der Waals surface area contributed by atoms with Crippen LogP contribution < -0.4 is 0 Å². The maximum absolute atomic E-state index is 10.3. The third-order valence-corrected chi connectivity index (χ3v) is 1.80. The molecule has 0 fully saturated rings. The Labute approximate surface area is 65.6 Å². The van der Waals surface area contributed by atoms with Gasteiger partial charge in [-0.1, -0.05) is 11.6 Å². The second kappa shape index (κ2) is 3.32. The average Bonchev–Trinajstić information content (AvgIpc) is 2.13. The van der Waals surface area contributed by atoms with E-state index in [4.69, 9.17) is 0 Å². The lowest BCUT2D eigenvalue weighted by Crippen LogP contribution is -1.96. The van der Waals surface area contributed by atoms with Crippen LogP contribution in [0, 0.1) is 10.1 Å². The zero-order valence-corrected chi connectivity index (χ0v) is 6.54. The topological polar surface area (TPSA) is 43.1 Å². The average molecular weight is 153 g/mol. The molecule has 0 atom stereocenters. The summed E-state index contributed by atoms with van der Waals surface area (Å²) in [4.78, 5) is 10.0. The lowest BCUT2D eigenvalue weighted by atomic mass is 10.1. The molecule has 60 valence electrons. The molecule has 3 nitrogen and oxygen atoms in total. The van der Waals surface area contributed by atoms with Gasteiger partial charge in [-0.15, -0.1) is 0 Å². The van der Waals surface area contributed by atoms with Crippen LogP contribution in [0.1, 0.15) is 26.2 Å². The highest BCUT2D eigenvalue weighted by Crippen LogP contribution is 2.17. The van der Waals surface area contributed by atoms with Gasteiger partial charge >= 0.3 is 0 Å². The third kappa shape index (κ3) is 2.18. The predicted molar refractivity (Wildman–Crippen MR) is 42.7 cm³/mol. The third-order valence-electron chi connectivity index (χ3n) is 1.80. The van der Waals surface area contributed by atoms with Crippen LogP contribution in [0.2, 0.25) is 0 Å². The summed E-state index contributed by atoms with van der Waals surface area (Å²) in [6, 6.07) is 0. The summed E-state index contributed by atoms with van der Waals surface area (Å²) < 4.78 is 0. The molecule has 0 spiro atoms. The summed E-state index contributed by atoms with van der Waals surface area (Å²) in [7, 11) is 0. The minimum Gasteiger partial charge on any atom is -0.259 e. The lowest BCUT2D eigenvalue weighted by Gasteiger charge is -1.93. The number of nitrogens with zero attached hydrogens (tertiary/aromatic N) is 1. The smallest absolute Gasteiger partial charge is 0.246 e. The molecule has 0 saturated carbocycles. The second-order valence-corrected chi connectivity index (χ2v) is 2.78. The molecular formula is C8H11NO2. The molecule has 3 heteroatoms. The minimum atomic E-state index is -0.297. The molecule has 0 N–H and O–H groups in total. The van der Waals surface area contributed by atoms with Gasteiger partial charge in [-0.3, -0.25) is 10.1 Å². The molecule has 1 aliphatic rings. The van der Waals surface area contributed by atoms with E-state index in [0.717, 1.165) is 12.8 Å². The van der Waals surface area contributed by atoms with Crippen LogP contribution >= 0.6 is 0 Å². The summed E-state index contributed by atoms with van der Waals surface area (Å²) in [5, 5.41) is 10.3. The first kappa shape index (κ1) is 7.98. The molecule has 1 aliphatic carbocycles. The van der Waals surface area contributed by atoms with Gasteiger partial charge < -0.3 is 0 Å². The van der Waals surface area contributed by atoms with Gasteiger partial charge in [0.05, 0.1) is 4.92 Å². The van der Waals surface area contributed by atoms with E-state index in [1.54, 1.807) is 6.08 Å². The largest absolute Gasteiger partial charge is 0.259 e. The molecule has 0 aromatic heterocycles. The van der Waals surface area contributed by atoms with Crippen LogP contribution in [-0.4, -0.2) is 4.92 Å². The van der Waals surface area contributed by atoms with E-state index in [-0.39, 0.29) is 4.92 Å². The van der Waals surface area contributed by atoms with E-state index >= 15 is 0 Å². The van der Waals surface area contributed by atoms with Gasteiger partial charge in [-0.25, -0.2) is 0 Å². The molecule has 0 aromatic carbocycles. The Balaban J connectivity index is 2.74. The van der Waals surface area contributed by atoms with Gasteiger partial charge in [0.2, 0.25) is 5.70 Å². The van der Waals surface area contributed by atoms with Crippen LogP contribution in [0.4, 0.5) is 0 Å². The summed E-state index contributed by atoms with van der Waals surface area (Å²) in [5.41, 5.74) is 1.56. The fourth-order valence-electron chi connectivity index (χ4n) is 1.11. The summed E-state index contributed by atoms with van der Waals surface area (Å²) in [5.74, 6) is 0. The highest BCUT2D eigenvalue weighted by molar-refractivity contribution is 5.15. The van der Waals surface area contributed by atoms with Gasteiger partial charge in [0.1, 0.15) is 0 Å². The highest BCUT2D eigenvalue weighted by atomic mass is 16.6. The Morgan fingerprint density at radius 1 is 1.45 bits per heavy atom. The van der Waals surface area contributed by atoms with Crippen molar-refractivity contribution in [1.29, 1.82) is 0 Å². The van der Waals surface area contributed by atoms with Crippen molar-refractivity contribution in [3.63, 3.8) is 0 Å². The Morgan fingerprint density at radius 3 is 2.82 bits per heavy atom. The molecule has 0 aromatic rings. The van der Waals surface area contributed by atoms with E-state index in [0.29, 0.717) is 12.1 Å². The van der Waals surface area contributed by atoms with Crippen LogP contribution in [0.3, 0.4) is 0 Å². The predicted octanol–water partition coefficient (Wildman–Crippen LogP) is 2.28. The van der Waals surface area contributed by atoms with Crippen molar-refractivity contribution in [2.45, 2.75) is 26.2 Å². The van der Waals surface area contributed by atoms with Crippen molar-refractivity contribution in [2.75, 3.05) is 0 Å². The zero-order chi connectivity index (χ0) is 8.27. The van der Waals surface area contributed by atoms with E-state index in [1.165, 1.54) is 5.57 Å². The highest BCUT2D eigenvalue weighted by Gasteiger charge is 2.11. The lowest BCUT2D eigenvalue weighted by molar-refractivity contribution is -0.427. The zero-order valence-electron chi connectivity index (χ0n) is 6.54. The molecule has 11 heavy (non-hydrogen) atoms. The van der Waals surface area contributed by atoms with E-state index in [9.17, 15) is 10.1 Å². The van der Waals surface area contributed by atoms with E-state index in [1.807, 2.05) is 13.0 Å². The SMILES string of the molecule is CC1=CC=C([N+](=O)[O-])CCC1. The summed E-state index contributed by atoms with van der Waals surface area (Å²) in [6.45, 7) is 2.00. The molecule has 0 saturated heterocycles. The monoisotopic (exact) mass is 153 g/mol. The fraction of sp³-hybridized carbons (Fsp3) is 0.500. The van der Waals surface area contributed by atoms with Crippen LogP contribution in [-0.2, 0) is 0 Å². The van der Waals surface area contributed by atoms with Gasteiger partial charge in [0.15, 0.2) is 0 Å². The van der Waals surface area contributed by atoms with E-state index in [2.05, 4.69) is 0 Å². The summed E-state index contributed by atoms with van der Waals surface area (Å²) in [6.07, 6.45) is 5.93. The van der Waals surface area contributed by atoms with Crippen molar-refractivity contribution in [3.8, 4) is 0 Å². The van der Waals surface area contributed by atoms with Gasteiger partial charge in [-0.2, -0.15) is 0 Å². The van der Waals surface area contributed by atoms with Crippen molar-refractivity contribution in [2.24, 2.45) is 0 Å². The molecule has 0 aliphatic heterocycles. The standard InChI is InChI=1S/C8H11NO2/c1-7-3-2-4-8(6-5-7)9(10)11/h5-6H,2-4H2,1H3. The Bertz CT molecular complexity index is 228. The molecule has 0 unspecified atom stereocenters. The molecule has 0 heterocycles. The molecular weight excluding hydrogens is 142 g/mol. The minimum absolute atomic E-state index is 0.297. The number of rotatable bonds is 1. The molecule has 0 amide bonds. The number of nitro groups is 1. The van der Waals surface area contributed by atoms with Crippen LogP contribution in [0.5, 0.6) is 0 Å². The van der Waals surface area contributed by atoms with Crippen molar-refractivity contribution >= 4 is 0 Å². The Morgan fingerprint density at radius 2 is 2.18 bits per heavy atom. The quantitative estimate of drug-likeness (QED) is 0.428. The van der Waals surface area contributed by atoms with Gasteiger partial charge in [0, 0.05) is 12.5 Å². The Kier molecular flexibility index (Phi) is 2.41. The fourth-order valence-corrected chi connectivity index (χ4v) is 1.11. The molecule has 1 rings (SSSR count). The number of hydrogen-bond donors (Lipinski definition) is 0. The summed E-state index contributed by atoms with van der Waals surface area (Å²) >= 11 is 0. The first-order valence-electron chi connectivity index (χ1n) is 3.71. The van der Waals surface area contributed by atoms with Gasteiger partial charge in [0.25, 0.3) is 0 Å². The maximum atomic E-state index is 10.3. The van der Waals surface area contributed by atoms with Crippen molar-refractivity contribution < 1.29 is 4.92 Å². The number of hydrogen-bond acceptors (Lipinski definition) is 2. The first-order valence-corrected chi connectivity index (χ1v) is 3.71. The van der Waals surface area contributed by atoms with Crippen molar-refractivity contribution in [1.82, 2.24) is 0 Å². The van der Waals surface area contributed by atoms with E-state index < -0.39 is 0 Å². The van der Waals surface area contributed by atoms with Crippen molar-refractivity contribution in [3.05, 3.63) is 33.5 Å². The molecule has 0 radical (unpaired) electrons. The maximum Gasteiger partial charge on any atom is 0.246 e. The first-order chi connectivity index (χ1) is 5.20. The number of allylic oxidation sites excluding steroid dienone is 4. The Hall–Kier alpha value is -1.12. The van der Waals surface area contributed by atoms with Gasteiger partial charge in [-0.05, 0) is 19.8 Å². The van der Waals surface area contributed by atoms with Crippen LogP contribution in [0.15, 0.2) is 23.4 Å². The molecule has 0 bridgehead atoms. The van der Waals surface area contributed by atoms with Crippen LogP contribution in [0.25, 0.3) is 0 Å².